The second-order valence-electron chi connectivity index (χ2n) is 4.60. The standard InChI is InChI=1S/C13H17BrN2O2/c1-9-4-3-5-12(15-9)13(17)16-7-10(2)18-11(6-14)8-16/h3-5,10-11H,6-8H2,1-2H3. The van der Waals surface area contributed by atoms with Gasteiger partial charge in [-0.3, -0.25) is 4.79 Å². The zero-order valence-corrected chi connectivity index (χ0v) is 12.2. The van der Waals surface area contributed by atoms with Crippen molar-refractivity contribution >= 4 is 21.8 Å². The fraction of sp³-hybridized carbons (Fsp3) is 0.538. The van der Waals surface area contributed by atoms with E-state index in [2.05, 4.69) is 20.9 Å². The van der Waals surface area contributed by atoms with Crippen LogP contribution in [0.5, 0.6) is 0 Å². The summed E-state index contributed by atoms with van der Waals surface area (Å²) < 4.78 is 5.71. The van der Waals surface area contributed by atoms with Crippen molar-refractivity contribution in [1.82, 2.24) is 9.88 Å². The van der Waals surface area contributed by atoms with Crippen molar-refractivity contribution in [2.24, 2.45) is 0 Å². The van der Waals surface area contributed by atoms with Crippen LogP contribution in [0, 0.1) is 6.92 Å². The van der Waals surface area contributed by atoms with E-state index in [9.17, 15) is 4.79 Å². The van der Waals surface area contributed by atoms with Crippen LogP contribution in [0.1, 0.15) is 23.1 Å². The highest BCUT2D eigenvalue weighted by Crippen LogP contribution is 2.15. The van der Waals surface area contributed by atoms with Gasteiger partial charge in [-0.05, 0) is 26.0 Å². The first kappa shape index (κ1) is 13.5. The van der Waals surface area contributed by atoms with Crippen LogP contribution in [-0.2, 0) is 4.74 Å². The van der Waals surface area contributed by atoms with E-state index in [1.54, 1.807) is 6.07 Å². The van der Waals surface area contributed by atoms with E-state index in [0.29, 0.717) is 18.8 Å². The maximum Gasteiger partial charge on any atom is 0.272 e. The average molecular weight is 313 g/mol. The van der Waals surface area contributed by atoms with E-state index in [1.807, 2.05) is 30.9 Å². The number of pyridine rings is 1. The molecule has 0 N–H and O–H groups in total. The van der Waals surface area contributed by atoms with Gasteiger partial charge >= 0.3 is 0 Å². The Labute approximate surface area is 115 Å². The number of hydrogen-bond acceptors (Lipinski definition) is 3. The van der Waals surface area contributed by atoms with Crippen LogP contribution in [-0.4, -0.2) is 46.4 Å². The maximum atomic E-state index is 12.4. The molecule has 0 saturated carbocycles. The Morgan fingerprint density at radius 2 is 2.33 bits per heavy atom. The molecule has 1 fully saturated rings. The molecule has 2 rings (SSSR count). The third kappa shape index (κ3) is 3.09. The Morgan fingerprint density at radius 1 is 1.56 bits per heavy atom. The molecule has 0 aliphatic carbocycles. The molecular formula is C13H17BrN2O2. The van der Waals surface area contributed by atoms with E-state index in [0.717, 1.165) is 11.0 Å². The van der Waals surface area contributed by atoms with Gasteiger partial charge in [-0.1, -0.05) is 22.0 Å². The third-order valence-corrected chi connectivity index (χ3v) is 3.62. The lowest BCUT2D eigenvalue weighted by molar-refractivity contribution is -0.0561. The van der Waals surface area contributed by atoms with Crippen LogP contribution < -0.4 is 0 Å². The predicted molar refractivity (Wildman–Crippen MR) is 73.0 cm³/mol. The van der Waals surface area contributed by atoms with Crippen LogP contribution in [0.3, 0.4) is 0 Å². The topological polar surface area (TPSA) is 42.4 Å². The van der Waals surface area contributed by atoms with E-state index in [-0.39, 0.29) is 18.1 Å². The van der Waals surface area contributed by atoms with Crippen molar-refractivity contribution < 1.29 is 9.53 Å². The van der Waals surface area contributed by atoms with Crippen molar-refractivity contribution in [3.05, 3.63) is 29.6 Å². The molecular weight excluding hydrogens is 296 g/mol. The van der Waals surface area contributed by atoms with Gasteiger partial charge in [0.2, 0.25) is 0 Å². The van der Waals surface area contributed by atoms with Crippen LogP contribution in [0.25, 0.3) is 0 Å². The van der Waals surface area contributed by atoms with Crippen LogP contribution in [0.15, 0.2) is 18.2 Å². The SMILES string of the molecule is Cc1cccc(C(=O)N2CC(C)OC(CBr)C2)n1. The summed E-state index contributed by atoms with van der Waals surface area (Å²) in [4.78, 5) is 18.5. The first-order valence-electron chi connectivity index (χ1n) is 6.04. The third-order valence-electron chi connectivity index (χ3n) is 2.89. The summed E-state index contributed by atoms with van der Waals surface area (Å²) in [6, 6.07) is 5.51. The molecule has 98 valence electrons. The number of alkyl halides is 1. The van der Waals surface area contributed by atoms with E-state index < -0.39 is 0 Å². The quantitative estimate of drug-likeness (QED) is 0.785. The van der Waals surface area contributed by atoms with Gasteiger partial charge in [-0.15, -0.1) is 0 Å². The highest BCUT2D eigenvalue weighted by molar-refractivity contribution is 9.09. The van der Waals surface area contributed by atoms with Crippen LogP contribution in [0.2, 0.25) is 0 Å². The molecule has 1 aliphatic heterocycles. The number of amides is 1. The summed E-state index contributed by atoms with van der Waals surface area (Å²) in [6.07, 6.45) is 0.123. The average Bonchev–Trinajstić information content (AvgIpc) is 2.37. The van der Waals surface area contributed by atoms with Crippen LogP contribution in [0.4, 0.5) is 0 Å². The Balaban J connectivity index is 2.13. The van der Waals surface area contributed by atoms with Gasteiger partial charge in [0.05, 0.1) is 12.2 Å². The molecule has 5 heteroatoms. The van der Waals surface area contributed by atoms with Gasteiger partial charge in [-0.25, -0.2) is 4.98 Å². The van der Waals surface area contributed by atoms with Gasteiger partial charge < -0.3 is 9.64 Å². The normalized spacial score (nSPS) is 24.1. The summed E-state index contributed by atoms with van der Waals surface area (Å²) in [5, 5.41) is 0.738. The largest absolute Gasteiger partial charge is 0.371 e. The number of morpholine rings is 1. The first-order valence-corrected chi connectivity index (χ1v) is 7.16. The number of halogens is 1. The number of nitrogens with zero attached hydrogens (tertiary/aromatic N) is 2. The minimum Gasteiger partial charge on any atom is -0.371 e. The molecule has 0 bridgehead atoms. The second kappa shape index (κ2) is 5.80. The molecule has 1 aromatic heterocycles. The lowest BCUT2D eigenvalue weighted by Crippen LogP contribution is -2.49. The number of aromatic nitrogens is 1. The Morgan fingerprint density at radius 3 is 3.00 bits per heavy atom. The summed E-state index contributed by atoms with van der Waals surface area (Å²) in [5.41, 5.74) is 1.37. The first-order chi connectivity index (χ1) is 8.60. The Kier molecular flexibility index (Phi) is 4.35. The lowest BCUT2D eigenvalue weighted by atomic mass is 10.2. The minimum absolute atomic E-state index is 0.0141. The van der Waals surface area contributed by atoms with Gasteiger partial charge in [0.25, 0.3) is 5.91 Å². The van der Waals surface area contributed by atoms with Gasteiger partial charge in [-0.2, -0.15) is 0 Å². The fourth-order valence-electron chi connectivity index (χ4n) is 2.12. The molecule has 1 saturated heterocycles. The van der Waals surface area contributed by atoms with Gasteiger partial charge in [0, 0.05) is 24.1 Å². The fourth-order valence-corrected chi connectivity index (χ4v) is 2.48. The summed E-state index contributed by atoms with van der Waals surface area (Å²) in [7, 11) is 0. The Hall–Kier alpha value is -0.940. The molecule has 2 unspecified atom stereocenters. The zero-order chi connectivity index (χ0) is 13.1. The number of carbonyl (C=O) groups is 1. The van der Waals surface area contributed by atoms with Crippen molar-refractivity contribution in [3.63, 3.8) is 0 Å². The zero-order valence-electron chi connectivity index (χ0n) is 10.6. The molecule has 1 aromatic rings. The number of carbonyl (C=O) groups excluding carboxylic acids is 1. The highest BCUT2D eigenvalue weighted by atomic mass is 79.9. The van der Waals surface area contributed by atoms with Gasteiger partial charge in [0.15, 0.2) is 0 Å². The van der Waals surface area contributed by atoms with Crippen molar-refractivity contribution in [3.8, 4) is 0 Å². The second-order valence-corrected chi connectivity index (χ2v) is 5.24. The van der Waals surface area contributed by atoms with Gasteiger partial charge in [0.1, 0.15) is 5.69 Å². The Bertz CT molecular complexity index is 439. The maximum absolute atomic E-state index is 12.4. The molecule has 2 atom stereocenters. The molecule has 1 aliphatic rings. The molecule has 4 nitrogen and oxygen atoms in total. The molecule has 1 amide bonds. The number of aryl methyl sites for hydroxylation is 1. The molecule has 0 spiro atoms. The number of rotatable bonds is 2. The minimum atomic E-state index is -0.0141. The number of ether oxygens (including phenoxy) is 1. The molecule has 18 heavy (non-hydrogen) atoms. The van der Waals surface area contributed by atoms with Crippen LogP contribution >= 0.6 is 15.9 Å². The van der Waals surface area contributed by atoms with Crippen molar-refractivity contribution in [2.45, 2.75) is 26.1 Å². The van der Waals surface area contributed by atoms with Crippen molar-refractivity contribution in [1.29, 1.82) is 0 Å². The van der Waals surface area contributed by atoms with E-state index in [4.69, 9.17) is 4.74 Å². The summed E-state index contributed by atoms with van der Waals surface area (Å²) >= 11 is 3.40. The molecule has 2 heterocycles. The number of hydrogen-bond donors (Lipinski definition) is 0. The predicted octanol–water partition coefficient (Wildman–Crippen LogP) is 2.01. The molecule has 0 radical (unpaired) electrons. The summed E-state index contributed by atoms with van der Waals surface area (Å²) in [6.45, 7) is 5.11. The summed E-state index contributed by atoms with van der Waals surface area (Å²) in [5.74, 6) is -0.0141. The van der Waals surface area contributed by atoms with E-state index in [1.165, 1.54) is 0 Å². The monoisotopic (exact) mass is 312 g/mol. The van der Waals surface area contributed by atoms with E-state index >= 15 is 0 Å². The highest BCUT2D eigenvalue weighted by Gasteiger charge is 2.28. The smallest absolute Gasteiger partial charge is 0.272 e. The molecule has 0 aromatic carbocycles. The van der Waals surface area contributed by atoms with Crippen molar-refractivity contribution in [2.75, 3.05) is 18.4 Å². The lowest BCUT2D eigenvalue weighted by Gasteiger charge is -2.36.